The molecule has 0 saturated carbocycles. The second-order valence-electron chi connectivity index (χ2n) is 6.17. The predicted octanol–water partition coefficient (Wildman–Crippen LogP) is 3.08. The smallest absolute Gasteiger partial charge is 0.264 e. The number of anilines is 1. The fraction of sp³-hybridized carbons (Fsp3) is 0.333. The molecule has 0 bridgehead atoms. The zero-order valence-electron chi connectivity index (χ0n) is 14.3. The van der Waals surface area contributed by atoms with E-state index in [1.807, 2.05) is 0 Å². The van der Waals surface area contributed by atoms with Crippen LogP contribution in [0.5, 0.6) is 5.75 Å². The van der Waals surface area contributed by atoms with Gasteiger partial charge in [0.1, 0.15) is 11.6 Å². The Morgan fingerprint density at radius 1 is 1.20 bits per heavy atom. The first-order valence-electron chi connectivity index (χ1n) is 7.91. The first-order chi connectivity index (χ1) is 11.8. The molecule has 25 heavy (non-hydrogen) atoms. The van der Waals surface area contributed by atoms with Crippen LogP contribution in [0, 0.1) is 19.7 Å². The molecule has 0 spiro atoms. The number of ether oxygens (including phenoxy) is 1. The van der Waals surface area contributed by atoms with E-state index in [-0.39, 0.29) is 23.4 Å². The number of nitrogens with zero attached hydrogens (tertiary/aromatic N) is 1. The Balaban J connectivity index is 2.14. The van der Waals surface area contributed by atoms with Gasteiger partial charge in [0.05, 0.1) is 23.8 Å². The minimum absolute atomic E-state index is 0.132. The number of sulfonamides is 1. The van der Waals surface area contributed by atoms with Crippen LogP contribution in [-0.4, -0.2) is 27.2 Å². The molecule has 0 aromatic heterocycles. The van der Waals surface area contributed by atoms with Crippen molar-refractivity contribution in [2.45, 2.75) is 31.3 Å². The molecule has 2 aromatic rings. The lowest BCUT2D eigenvalue weighted by Crippen LogP contribution is -2.37. The van der Waals surface area contributed by atoms with Gasteiger partial charge in [-0.15, -0.1) is 0 Å². The molecule has 1 aliphatic heterocycles. The summed E-state index contributed by atoms with van der Waals surface area (Å²) in [5, 5.41) is 10.1. The van der Waals surface area contributed by atoms with Crippen LogP contribution in [0.15, 0.2) is 35.2 Å². The lowest BCUT2D eigenvalue weighted by atomic mass is 10.0. The number of aryl methyl sites for hydroxylation is 2. The van der Waals surface area contributed by atoms with Crippen molar-refractivity contribution in [1.29, 1.82) is 0 Å². The highest BCUT2D eigenvalue weighted by molar-refractivity contribution is 7.92. The molecule has 3 rings (SSSR count). The van der Waals surface area contributed by atoms with Crippen molar-refractivity contribution in [3.8, 4) is 5.75 Å². The van der Waals surface area contributed by atoms with Gasteiger partial charge in [-0.05, 0) is 61.7 Å². The lowest BCUT2D eigenvalue weighted by molar-refractivity contribution is 0.166. The van der Waals surface area contributed by atoms with E-state index >= 15 is 0 Å². The fourth-order valence-corrected chi connectivity index (χ4v) is 4.96. The average Bonchev–Trinajstić information content (AvgIpc) is 2.57. The summed E-state index contributed by atoms with van der Waals surface area (Å²) < 4.78 is 46.4. The molecule has 2 aromatic carbocycles. The molecule has 1 atom stereocenters. The van der Waals surface area contributed by atoms with Crippen LogP contribution in [0.1, 0.15) is 29.2 Å². The molecule has 7 heteroatoms. The van der Waals surface area contributed by atoms with Gasteiger partial charge in [0.25, 0.3) is 10.0 Å². The van der Waals surface area contributed by atoms with Gasteiger partial charge in [-0.25, -0.2) is 12.8 Å². The molecule has 1 N–H and O–H groups in total. The molecule has 0 radical (unpaired) electrons. The van der Waals surface area contributed by atoms with E-state index in [0.29, 0.717) is 22.6 Å². The lowest BCUT2D eigenvalue weighted by Gasteiger charge is -2.33. The third-order valence-corrected chi connectivity index (χ3v) is 6.44. The SMILES string of the molecule is COc1cc(C)c(S(=O)(=O)N2CCC(O)c3cc(F)ccc32)cc1C. The van der Waals surface area contributed by atoms with Gasteiger partial charge in [-0.1, -0.05) is 0 Å². The average molecular weight is 365 g/mol. The Morgan fingerprint density at radius 3 is 2.60 bits per heavy atom. The van der Waals surface area contributed by atoms with Crippen molar-refractivity contribution in [3.05, 3.63) is 52.8 Å². The fourth-order valence-electron chi connectivity index (χ4n) is 3.16. The number of methoxy groups -OCH3 is 1. The van der Waals surface area contributed by atoms with E-state index in [0.717, 1.165) is 0 Å². The first kappa shape index (κ1) is 17.7. The summed E-state index contributed by atoms with van der Waals surface area (Å²) in [6.45, 7) is 3.62. The van der Waals surface area contributed by atoms with Crippen LogP contribution in [0.3, 0.4) is 0 Å². The molecular weight excluding hydrogens is 345 g/mol. The van der Waals surface area contributed by atoms with E-state index in [1.54, 1.807) is 26.0 Å². The van der Waals surface area contributed by atoms with Crippen LogP contribution in [0.2, 0.25) is 0 Å². The molecule has 0 aliphatic carbocycles. The van der Waals surface area contributed by atoms with Gasteiger partial charge < -0.3 is 9.84 Å². The highest BCUT2D eigenvalue weighted by atomic mass is 32.2. The molecular formula is C18H20FNO4S. The highest BCUT2D eigenvalue weighted by Crippen LogP contribution is 2.38. The Kier molecular flexibility index (Phi) is 4.47. The number of aliphatic hydroxyl groups excluding tert-OH is 1. The summed E-state index contributed by atoms with van der Waals surface area (Å²) in [4.78, 5) is 0.178. The summed E-state index contributed by atoms with van der Waals surface area (Å²) in [5.41, 5.74) is 1.88. The highest BCUT2D eigenvalue weighted by Gasteiger charge is 2.33. The summed E-state index contributed by atoms with van der Waals surface area (Å²) in [6, 6.07) is 7.06. The maximum atomic E-state index is 13.5. The van der Waals surface area contributed by atoms with E-state index in [9.17, 15) is 17.9 Å². The van der Waals surface area contributed by atoms with Gasteiger partial charge in [0, 0.05) is 12.1 Å². The van der Waals surface area contributed by atoms with Crippen molar-refractivity contribution in [1.82, 2.24) is 0 Å². The Bertz CT molecular complexity index is 927. The minimum Gasteiger partial charge on any atom is -0.496 e. The van der Waals surface area contributed by atoms with Crippen molar-refractivity contribution >= 4 is 15.7 Å². The summed E-state index contributed by atoms with van der Waals surface area (Å²) in [5.74, 6) is 0.113. The van der Waals surface area contributed by atoms with Gasteiger partial charge >= 0.3 is 0 Å². The number of halogens is 1. The van der Waals surface area contributed by atoms with Crippen molar-refractivity contribution in [2.24, 2.45) is 0 Å². The van der Waals surface area contributed by atoms with Crippen LogP contribution < -0.4 is 9.04 Å². The molecule has 1 aliphatic rings. The van der Waals surface area contributed by atoms with E-state index in [4.69, 9.17) is 4.74 Å². The van der Waals surface area contributed by atoms with Crippen molar-refractivity contribution in [2.75, 3.05) is 18.0 Å². The van der Waals surface area contributed by atoms with Crippen LogP contribution in [0.25, 0.3) is 0 Å². The normalized spacial score (nSPS) is 17.3. The summed E-state index contributed by atoms with van der Waals surface area (Å²) in [6.07, 6.45) is -0.667. The standard InChI is InChI=1S/C18H20FNO4S/c1-11-9-18(12(2)8-17(11)24-3)25(22,23)20-7-6-16(21)14-10-13(19)4-5-15(14)20/h4-5,8-10,16,21H,6-7H2,1-3H3. The Hall–Kier alpha value is -2.12. The molecule has 1 unspecified atom stereocenters. The van der Waals surface area contributed by atoms with Crippen LogP contribution in [-0.2, 0) is 10.0 Å². The zero-order valence-corrected chi connectivity index (χ0v) is 15.1. The third kappa shape index (κ3) is 2.98. The quantitative estimate of drug-likeness (QED) is 0.908. The molecule has 0 fully saturated rings. The second kappa shape index (κ2) is 6.31. The van der Waals surface area contributed by atoms with Gasteiger partial charge in [0.15, 0.2) is 0 Å². The topological polar surface area (TPSA) is 66.8 Å². The third-order valence-electron chi connectivity index (χ3n) is 4.48. The van der Waals surface area contributed by atoms with Crippen molar-refractivity contribution < 1.29 is 22.7 Å². The van der Waals surface area contributed by atoms with Crippen LogP contribution >= 0.6 is 0 Å². The number of aliphatic hydroxyl groups is 1. The summed E-state index contributed by atoms with van der Waals surface area (Å²) >= 11 is 0. The molecule has 1 heterocycles. The van der Waals surface area contributed by atoms with Crippen molar-refractivity contribution in [3.63, 3.8) is 0 Å². The number of benzene rings is 2. The van der Waals surface area contributed by atoms with E-state index < -0.39 is 21.9 Å². The number of hydrogen-bond acceptors (Lipinski definition) is 4. The largest absolute Gasteiger partial charge is 0.496 e. The molecule has 5 nitrogen and oxygen atoms in total. The number of fused-ring (bicyclic) bond motifs is 1. The number of rotatable bonds is 3. The molecule has 0 amide bonds. The predicted molar refractivity (Wildman–Crippen MR) is 93.0 cm³/mol. The van der Waals surface area contributed by atoms with E-state index in [1.165, 1.54) is 29.6 Å². The molecule has 0 saturated heterocycles. The van der Waals surface area contributed by atoms with Crippen LogP contribution in [0.4, 0.5) is 10.1 Å². The molecule has 134 valence electrons. The second-order valence-corrected chi connectivity index (χ2v) is 8.00. The number of hydrogen-bond donors (Lipinski definition) is 1. The first-order valence-corrected chi connectivity index (χ1v) is 9.35. The Morgan fingerprint density at radius 2 is 1.92 bits per heavy atom. The van der Waals surface area contributed by atoms with E-state index in [2.05, 4.69) is 0 Å². The van der Waals surface area contributed by atoms with Gasteiger partial charge in [0.2, 0.25) is 0 Å². The Labute approximate surface area is 146 Å². The minimum atomic E-state index is -3.85. The van der Waals surface area contributed by atoms with Gasteiger partial charge in [-0.3, -0.25) is 4.31 Å². The maximum Gasteiger partial charge on any atom is 0.264 e. The monoisotopic (exact) mass is 365 g/mol. The van der Waals surface area contributed by atoms with Gasteiger partial charge in [-0.2, -0.15) is 0 Å². The maximum absolute atomic E-state index is 13.5. The zero-order chi connectivity index (χ0) is 18.4. The summed E-state index contributed by atoms with van der Waals surface area (Å²) in [7, 11) is -2.31.